The molecule has 0 saturated heterocycles. The lowest BCUT2D eigenvalue weighted by molar-refractivity contribution is -0.145. The summed E-state index contributed by atoms with van der Waals surface area (Å²) in [5, 5.41) is 10.0. The molecule has 1 unspecified atom stereocenters. The molecule has 0 spiro atoms. The number of likely N-dealkylation sites (N-methyl/N-ethyl adjacent to an activating group) is 1. The van der Waals surface area contributed by atoms with E-state index in [1.807, 2.05) is 20.0 Å². The molecule has 0 aliphatic rings. The number of carbonyl (C=O) groups is 2. The lowest BCUT2D eigenvalue weighted by atomic mass is 9.77. The van der Waals surface area contributed by atoms with Crippen LogP contribution in [0.25, 0.3) is 0 Å². The van der Waals surface area contributed by atoms with Crippen molar-refractivity contribution in [3.8, 4) is 11.8 Å². The van der Waals surface area contributed by atoms with E-state index in [2.05, 4.69) is 23.1 Å². The zero-order valence-corrected chi connectivity index (χ0v) is 20.0. The Labute approximate surface area is 195 Å². The van der Waals surface area contributed by atoms with Crippen molar-refractivity contribution in [3.05, 3.63) is 64.7 Å². The maximum absolute atomic E-state index is 12.7. The van der Waals surface area contributed by atoms with Crippen molar-refractivity contribution in [3.63, 3.8) is 0 Å². The Morgan fingerprint density at radius 2 is 1.82 bits per heavy atom. The summed E-state index contributed by atoms with van der Waals surface area (Å²) < 4.78 is 15.1. The molecule has 0 aliphatic heterocycles. The molecule has 7 heteroatoms. The van der Waals surface area contributed by atoms with E-state index in [0.717, 1.165) is 24.3 Å². The van der Waals surface area contributed by atoms with Gasteiger partial charge in [0.15, 0.2) is 5.41 Å². The highest BCUT2D eigenvalue weighted by molar-refractivity contribution is 5.91. The number of hydrogen-bond donors (Lipinski definition) is 0. The third-order valence-electron chi connectivity index (χ3n) is 5.85. The first-order valence-electron chi connectivity index (χ1n) is 10.8. The number of nitrogens with zero attached hydrogens (tertiary/aromatic N) is 2. The molecule has 0 aliphatic carbocycles. The van der Waals surface area contributed by atoms with Crippen molar-refractivity contribution in [2.24, 2.45) is 0 Å². The molecule has 0 N–H and O–H groups in total. The van der Waals surface area contributed by atoms with Gasteiger partial charge in [0, 0.05) is 6.54 Å². The van der Waals surface area contributed by atoms with E-state index in [4.69, 9.17) is 14.2 Å². The Morgan fingerprint density at radius 3 is 2.45 bits per heavy atom. The Morgan fingerprint density at radius 1 is 1.06 bits per heavy atom. The largest absolute Gasteiger partial charge is 0.496 e. The van der Waals surface area contributed by atoms with Gasteiger partial charge < -0.3 is 19.1 Å². The molecule has 0 aromatic heterocycles. The van der Waals surface area contributed by atoms with Gasteiger partial charge in [-0.05, 0) is 74.7 Å². The van der Waals surface area contributed by atoms with Crippen LogP contribution in [0.15, 0.2) is 42.5 Å². The van der Waals surface area contributed by atoms with E-state index in [-0.39, 0.29) is 12.0 Å². The first-order chi connectivity index (χ1) is 15.8. The Kier molecular flexibility index (Phi) is 9.43. The van der Waals surface area contributed by atoms with Crippen molar-refractivity contribution in [1.29, 1.82) is 5.26 Å². The molecule has 7 nitrogen and oxygen atoms in total. The van der Waals surface area contributed by atoms with Crippen LogP contribution in [0, 0.1) is 18.3 Å². The predicted molar refractivity (Wildman–Crippen MR) is 125 cm³/mol. The van der Waals surface area contributed by atoms with Gasteiger partial charge in [-0.1, -0.05) is 24.3 Å². The van der Waals surface area contributed by atoms with Gasteiger partial charge in [0.05, 0.1) is 33.0 Å². The molecule has 1 atom stereocenters. The summed E-state index contributed by atoms with van der Waals surface area (Å²) in [6, 6.07) is 14.8. The molecule has 2 aromatic rings. The van der Waals surface area contributed by atoms with Crippen LogP contribution in [0.5, 0.6) is 5.75 Å². The van der Waals surface area contributed by atoms with Crippen LogP contribution in [-0.2, 0) is 26.1 Å². The van der Waals surface area contributed by atoms with E-state index in [1.54, 1.807) is 25.3 Å². The fraction of sp³-hybridized carbons (Fsp3) is 0.423. The first kappa shape index (κ1) is 25.9. The Bertz CT molecular complexity index is 1010. The minimum atomic E-state index is -1.50. The van der Waals surface area contributed by atoms with Gasteiger partial charge in [-0.15, -0.1) is 0 Å². The monoisotopic (exact) mass is 452 g/mol. The number of hydrogen-bond acceptors (Lipinski definition) is 7. The average Bonchev–Trinajstić information content (AvgIpc) is 2.85. The van der Waals surface area contributed by atoms with Crippen molar-refractivity contribution >= 4 is 11.9 Å². The van der Waals surface area contributed by atoms with E-state index in [1.165, 1.54) is 25.8 Å². The number of benzene rings is 2. The molecule has 176 valence electrons. The molecule has 0 amide bonds. The van der Waals surface area contributed by atoms with Crippen LogP contribution in [0.2, 0.25) is 0 Å². The minimum absolute atomic E-state index is 0.267. The third-order valence-corrected chi connectivity index (χ3v) is 5.85. The predicted octanol–water partition coefficient (Wildman–Crippen LogP) is 3.68. The highest BCUT2D eigenvalue weighted by Crippen LogP contribution is 2.31. The second-order valence-corrected chi connectivity index (χ2v) is 8.04. The maximum Gasteiger partial charge on any atom is 0.337 e. The van der Waals surface area contributed by atoms with E-state index in [9.17, 15) is 14.9 Å². The zero-order chi connectivity index (χ0) is 24.4. The number of aryl methyl sites for hydroxylation is 1. The summed E-state index contributed by atoms with van der Waals surface area (Å²) in [4.78, 5) is 26.8. The van der Waals surface area contributed by atoms with Crippen LogP contribution >= 0.6 is 0 Å². The van der Waals surface area contributed by atoms with Crippen LogP contribution in [0.1, 0.15) is 39.9 Å². The Balaban J connectivity index is 2.07. The summed E-state index contributed by atoms with van der Waals surface area (Å²) in [5.41, 5.74) is 1.49. The molecular formula is C26H32N2O5. The first-order valence-corrected chi connectivity index (χ1v) is 10.8. The van der Waals surface area contributed by atoms with Crippen molar-refractivity contribution in [2.75, 3.05) is 41.5 Å². The summed E-state index contributed by atoms with van der Waals surface area (Å²) in [7, 11) is 6.23. The highest BCUT2D eigenvalue weighted by Gasteiger charge is 2.42. The number of esters is 2. The quantitative estimate of drug-likeness (QED) is 0.481. The maximum atomic E-state index is 12.7. The standard InChI is InChI=1S/C26H32N2O5/c1-19-10-11-20(16-23(19)31-3)12-15-28(2)14-7-13-26(18-27,25(30)33-5)22-9-6-8-21(17-22)24(29)32-4/h6,8-11,16-17H,7,12-15H2,1-5H3. The molecule has 0 saturated carbocycles. The highest BCUT2D eigenvalue weighted by atomic mass is 16.5. The number of ether oxygens (including phenoxy) is 3. The smallest absolute Gasteiger partial charge is 0.337 e. The molecule has 2 rings (SSSR count). The second kappa shape index (κ2) is 12.0. The van der Waals surface area contributed by atoms with Crippen molar-refractivity contribution in [1.82, 2.24) is 4.90 Å². The van der Waals surface area contributed by atoms with E-state index < -0.39 is 17.4 Å². The lowest BCUT2D eigenvalue weighted by Gasteiger charge is -2.26. The fourth-order valence-corrected chi connectivity index (χ4v) is 3.80. The summed E-state index contributed by atoms with van der Waals surface area (Å²) >= 11 is 0. The van der Waals surface area contributed by atoms with E-state index in [0.29, 0.717) is 18.5 Å². The lowest BCUT2D eigenvalue weighted by Crippen LogP contribution is -2.37. The van der Waals surface area contributed by atoms with E-state index >= 15 is 0 Å². The van der Waals surface area contributed by atoms with Gasteiger partial charge in [-0.3, -0.25) is 0 Å². The average molecular weight is 453 g/mol. The molecular weight excluding hydrogens is 420 g/mol. The van der Waals surface area contributed by atoms with Gasteiger partial charge in [-0.2, -0.15) is 5.26 Å². The molecule has 0 fully saturated rings. The van der Waals surface area contributed by atoms with Gasteiger partial charge in [0.1, 0.15) is 5.75 Å². The third kappa shape index (κ3) is 6.33. The van der Waals surface area contributed by atoms with Crippen LogP contribution in [0.3, 0.4) is 0 Å². The van der Waals surface area contributed by atoms with Crippen LogP contribution < -0.4 is 4.74 Å². The van der Waals surface area contributed by atoms with Gasteiger partial charge >= 0.3 is 11.9 Å². The number of methoxy groups -OCH3 is 3. The van der Waals surface area contributed by atoms with Gasteiger partial charge in [0.25, 0.3) is 0 Å². The Hall–Kier alpha value is -3.37. The van der Waals surface area contributed by atoms with Crippen molar-refractivity contribution < 1.29 is 23.8 Å². The molecule has 0 radical (unpaired) electrons. The normalized spacial score (nSPS) is 12.5. The molecule has 0 heterocycles. The SMILES string of the molecule is COC(=O)c1cccc(C(C#N)(CCCN(C)CCc2ccc(C)c(OC)c2)C(=O)OC)c1. The summed E-state index contributed by atoms with van der Waals surface area (Å²) in [5.74, 6) is -0.288. The van der Waals surface area contributed by atoms with Crippen molar-refractivity contribution in [2.45, 2.75) is 31.6 Å². The minimum Gasteiger partial charge on any atom is -0.496 e. The number of rotatable bonds is 11. The van der Waals surface area contributed by atoms with Gasteiger partial charge in [-0.25, -0.2) is 9.59 Å². The molecule has 2 aromatic carbocycles. The summed E-state index contributed by atoms with van der Waals surface area (Å²) in [6.07, 6.45) is 1.72. The number of carbonyl (C=O) groups excluding carboxylic acids is 2. The van der Waals surface area contributed by atoms with Gasteiger partial charge in [0.2, 0.25) is 0 Å². The molecule has 0 bridgehead atoms. The molecule has 33 heavy (non-hydrogen) atoms. The number of nitriles is 1. The summed E-state index contributed by atoms with van der Waals surface area (Å²) in [6.45, 7) is 3.53. The zero-order valence-electron chi connectivity index (χ0n) is 20.0. The second-order valence-electron chi connectivity index (χ2n) is 8.04. The fourth-order valence-electron chi connectivity index (χ4n) is 3.80. The topological polar surface area (TPSA) is 88.9 Å². The van der Waals surface area contributed by atoms with Crippen LogP contribution in [0.4, 0.5) is 0 Å². The van der Waals surface area contributed by atoms with Crippen LogP contribution in [-0.4, -0.2) is 58.3 Å².